The summed E-state index contributed by atoms with van der Waals surface area (Å²) in [6.07, 6.45) is 16.7. The molecule has 0 saturated heterocycles. The molecule has 0 unspecified atom stereocenters. The molecule has 2 rings (SSSR count). The fraction of sp³-hybridized carbons (Fsp3) is 0.400. The van der Waals surface area contributed by atoms with E-state index in [4.69, 9.17) is 0 Å². The molecular formula is C15H22Cl2Hf. The summed E-state index contributed by atoms with van der Waals surface area (Å²) >= 11 is 1.27. The standard InChI is InChI=1S/2C6H7.C3H6.2ClH.Hf/c2*1-6-4-2-3-5-6;1-3-2;;;/h2*2,4H,3H2,1H3;1-2H3;2*1H;/q2*-1;;;;+2. The van der Waals surface area contributed by atoms with E-state index < -0.39 is 0 Å². The molecule has 0 fully saturated rings. The van der Waals surface area contributed by atoms with Crippen LogP contribution in [0.5, 0.6) is 0 Å². The predicted octanol–water partition coefficient (Wildman–Crippen LogP) is 4.98. The largest absolute Gasteiger partial charge is 0.147 e. The Morgan fingerprint density at radius 2 is 1.22 bits per heavy atom. The van der Waals surface area contributed by atoms with Crippen molar-refractivity contribution in [1.29, 1.82) is 0 Å². The van der Waals surface area contributed by atoms with Gasteiger partial charge in [0.1, 0.15) is 0 Å². The van der Waals surface area contributed by atoms with Crippen molar-refractivity contribution in [1.82, 2.24) is 0 Å². The molecule has 100 valence electrons. The molecule has 0 aromatic carbocycles. The van der Waals surface area contributed by atoms with E-state index in [1.54, 1.807) is 3.26 Å². The molecule has 0 heterocycles. The van der Waals surface area contributed by atoms with Crippen molar-refractivity contribution >= 4 is 28.1 Å². The van der Waals surface area contributed by atoms with E-state index >= 15 is 0 Å². The Kier molecular flexibility index (Phi) is 19.9. The van der Waals surface area contributed by atoms with Crippen molar-refractivity contribution in [2.45, 2.75) is 40.5 Å². The number of rotatable bonds is 0. The maximum Gasteiger partial charge on any atom is -0.147 e. The zero-order valence-electron chi connectivity index (χ0n) is 11.5. The average Bonchev–Trinajstić information content (AvgIpc) is 2.78. The first-order chi connectivity index (χ1) is 7.52. The molecule has 3 heteroatoms. The van der Waals surface area contributed by atoms with Gasteiger partial charge in [0.15, 0.2) is 0 Å². The molecule has 0 spiro atoms. The minimum atomic E-state index is 0. The summed E-state index contributed by atoms with van der Waals surface area (Å²) in [5, 5.41) is 0. The van der Waals surface area contributed by atoms with Crippen LogP contribution in [0.2, 0.25) is 0 Å². The number of hydrogen-bond acceptors (Lipinski definition) is 0. The van der Waals surface area contributed by atoms with Crippen molar-refractivity contribution in [3.63, 3.8) is 0 Å². The van der Waals surface area contributed by atoms with Crippen LogP contribution in [0, 0.1) is 12.2 Å². The number of halogens is 2. The zero-order valence-corrected chi connectivity index (χ0v) is 16.8. The monoisotopic (exact) mass is 452 g/mol. The SMILES string of the molecule is CC1=[C-]CC=C1.CC1=[C-]CC=C1.C[C](C)=[Hf+2].Cl.Cl. The fourth-order valence-electron chi connectivity index (χ4n) is 1.03. The number of hydrogen-bond donors (Lipinski definition) is 0. The molecule has 0 aromatic rings. The van der Waals surface area contributed by atoms with Gasteiger partial charge >= 0.3 is 41.0 Å². The summed E-state index contributed by atoms with van der Waals surface area (Å²) < 4.78 is 1.56. The van der Waals surface area contributed by atoms with E-state index in [1.807, 2.05) is 0 Å². The van der Waals surface area contributed by atoms with Gasteiger partial charge in [0.05, 0.1) is 0 Å². The second kappa shape index (κ2) is 15.3. The summed E-state index contributed by atoms with van der Waals surface area (Å²) in [4.78, 5) is 0. The summed E-state index contributed by atoms with van der Waals surface area (Å²) in [5.41, 5.74) is 2.55. The third kappa shape index (κ3) is 18.6. The molecule has 0 bridgehead atoms. The smallest absolute Gasteiger partial charge is 0.147 e. The van der Waals surface area contributed by atoms with Gasteiger partial charge in [-0.2, -0.15) is 12.2 Å². The Labute approximate surface area is 139 Å². The topological polar surface area (TPSA) is 0 Å². The quantitative estimate of drug-likeness (QED) is 0.360. The van der Waals surface area contributed by atoms with Gasteiger partial charge in [-0.1, -0.05) is 13.8 Å². The molecule has 0 radical (unpaired) electrons. The van der Waals surface area contributed by atoms with Crippen LogP contribution in [0.4, 0.5) is 0 Å². The van der Waals surface area contributed by atoms with Crippen LogP contribution in [0.1, 0.15) is 40.5 Å². The van der Waals surface area contributed by atoms with Gasteiger partial charge in [-0.05, 0) is 0 Å². The molecule has 0 N–H and O–H groups in total. The molecule has 18 heavy (non-hydrogen) atoms. The van der Waals surface area contributed by atoms with E-state index in [1.165, 1.54) is 35.0 Å². The summed E-state index contributed by atoms with van der Waals surface area (Å²) in [6.45, 7) is 8.41. The van der Waals surface area contributed by atoms with Gasteiger partial charge < -0.3 is 0 Å². The maximum atomic E-state index is 3.12. The van der Waals surface area contributed by atoms with Crippen molar-refractivity contribution in [2.75, 3.05) is 0 Å². The molecule has 2 aliphatic rings. The van der Waals surface area contributed by atoms with Crippen LogP contribution in [-0.4, -0.2) is 3.26 Å². The Hall–Kier alpha value is 0.280. The van der Waals surface area contributed by atoms with Gasteiger partial charge in [0, 0.05) is 0 Å². The molecule has 0 aromatic heterocycles. The molecule has 0 atom stereocenters. The van der Waals surface area contributed by atoms with E-state index in [-0.39, 0.29) is 24.8 Å². The summed E-state index contributed by atoms with van der Waals surface area (Å²) in [6, 6.07) is 0. The Morgan fingerprint density at radius 1 is 0.944 bits per heavy atom. The van der Waals surface area contributed by atoms with Gasteiger partial charge in [-0.25, -0.2) is 23.3 Å². The Balaban J connectivity index is -0.000000182. The van der Waals surface area contributed by atoms with E-state index in [0.717, 1.165) is 12.8 Å². The first-order valence-corrected chi connectivity index (χ1v) is 7.31. The van der Waals surface area contributed by atoms with Crippen LogP contribution in [0.15, 0.2) is 35.5 Å². The van der Waals surface area contributed by atoms with Gasteiger partial charge in [0.25, 0.3) is 0 Å². The van der Waals surface area contributed by atoms with Crippen molar-refractivity contribution in [3.05, 3.63) is 47.6 Å². The summed E-state index contributed by atoms with van der Waals surface area (Å²) in [7, 11) is 0. The fourth-order valence-corrected chi connectivity index (χ4v) is 1.03. The van der Waals surface area contributed by atoms with E-state index in [0.29, 0.717) is 0 Å². The van der Waals surface area contributed by atoms with Gasteiger partial charge in [-0.15, -0.1) is 37.7 Å². The van der Waals surface area contributed by atoms with Crippen molar-refractivity contribution in [2.24, 2.45) is 0 Å². The first kappa shape index (κ1) is 23.4. The zero-order chi connectivity index (χ0) is 12.4. The Morgan fingerprint density at radius 3 is 1.28 bits per heavy atom. The van der Waals surface area contributed by atoms with Crippen LogP contribution >= 0.6 is 24.8 Å². The van der Waals surface area contributed by atoms with Crippen LogP contribution in [0.3, 0.4) is 0 Å². The summed E-state index contributed by atoms with van der Waals surface area (Å²) in [5.74, 6) is 0. The van der Waals surface area contributed by atoms with E-state index in [9.17, 15) is 0 Å². The molecule has 0 nitrogen and oxygen atoms in total. The third-order valence-electron chi connectivity index (χ3n) is 1.73. The van der Waals surface area contributed by atoms with Gasteiger partial charge in [-0.3, -0.25) is 12.2 Å². The number of allylic oxidation sites excluding steroid dienone is 8. The second-order valence-corrected chi connectivity index (χ2v) is 7.53. The molecule has 0 saturated carbocycles. The van der Waals surface area contributed by atoms with Crippen molar-refractivity contribution < 1.29 is 23.9 Å². The molecular weight excluding hydrogens is 430 g/mol. The van der Waals surface area contributed by atoms with Crippen LogP contribution in [-0.2, 0) is 23.9 Å². The van der Waals surface area contributed by atoms with E-state index in [2.05, 4.69) is 64.2 Å². The third-order valence-corrected chi connectivity index (χ3v) is 1.73. The van der Waals surface area contributed by atoms with Gasteiger partial charge in [0.2, 0.25) is 0 Å². The van der Waals surface area contributed by atoms with Crippen LogP contribution < -0.4 is 0 Å². The van der Waals surface area contributed by atoms with Crippen LogP contribution in [0.25, 0.3) is 0 Å². The van der Waals surface area contributed by atoms with Crippen molar-refractivity contribution in [3.8, 4) is 0 Å². The second-order valence-electron chi connectivity index (χ2n) is 3.93. The molecule has 0 aliphatic heterocycles. The predicted molar refractivity (Wildman–Crippen MR) is 83.2 cm³/mol. The normalized spacial score (nSPS) is 13.9. The first-order valence-electron chi connectivity index (χ1n) is 5.52. The average molecular weight is 452 g/mol. The minimum Gasteiger partial charge on any atom is -0.147 e. The maximum absolute atomic E-state index is 3.12. The Bertz CT molecular complexity index is 299. The minimum absolute atomic E-state index is 0. The molecule has 0 amide bonds. The molecule has 2 aliphatic carbocycles.